The van der Waals surface area contributed by atoms with E-state index in [1.54, 1.807) is 12.1 Å². The number of nitrogens with zero attached hydrogens (tertiary/aromatic N) is 1. The maximum Gasteiger partial charge on any atom is 0.264 e. The lowest BCUT2D eigenvalue weighted by atomic mass is 10.1. The summed E-state index contributed by atoms with van der Waals surface area (Å²) < 4.78 is 7.73. The van der Waals surface area contributed by atoms with Crippen LogP contribution in [0.1, 0.15) is 27.8 Å². The molecule has 174 valence electrons. The molecule has 3 aromatic carbocycles. The van der Waals surface area contributed by atoms with Crippen LogP contribution in [-0.2, 0) is 11.4 Å². The fourth-order valence-electron chi connectivity index (χ4n) is 3.38. The Labute approximate surface area is 225 Å². The zero-order chi connectivity index (χ0) is 24.4. The van der Waals surface area contributed by atoms with E-state index in [0.717, 1.165) is 36.9 Å². The Kier molecular flexibility index (Phi) is 7.87. The van der Waals surface area contributed by atoms with Crippen LogP contribution in [0.4, 0.5) is 5.69 Å². The summed E-state index contributed by atoms with van der Waals surface area (Å²) >= 11 is 14.9. The highest BCUT2D eigenvalue weighted by Crippen LogP contribution is 2.37. The number of hydrogen-bond acceptors (Lipinski definition) is 4. The molecule has 0 saturated carbocycles. The summed E-state index contributed by atoms with van der Waals surface area (Å²) in [5.74, 6) is 0.373. The quantitative estimate of drug-likeness (QED) is 0.292. The number of thioether (sulfide) groups is 1. The Balaban J connectivity index is 1.51. The first-order valence-electron chi connectivity index (χ1n) is 10.4. The second-order valence-corrected chi connectivity index (χ2v) is 11.0. The van der Waals surface area contributed by atoms with Gasteiger partial charge in [0.15, 0.2) is 10.9 Å². The molecule has 0 atom stereocenters. The smallest absolute Gasteiger partial charge is 0.264 e. The van der Waals surface area contributed by atoms with Crippen molar-refractivity contribution in [2.24, 2.45) is 4.99 Å². The van der Waals surface area contributed by atoms with Gasteiger partial charge in [-0.05, 0) is 101 Å². The molecular weight excluding hydrogens is 600 g/mol. The summed E-state index contributed by atoms with van der Waals surface area (Å²) in [4.78, 5) is 17.7. The zero-order valence-corrected chi connectivity index (χ0v) is 23.5. The molecule has 1 aliphatic rings. The van der Waals surface area contributed by atoms with Crippen molar-refractivity contribution >= 4 is 78.1 Å². The third-order valence-electron chi connectivity index (χ3n) is 5.12. The van der Waals surface area contributed by atoms with Crippen molar-refractivity contribution in [1.82, 2.24) is 5.32 Å². The predicted molar refractivity (Wildman–Crippen MR) is 149 cm³/mol. The van der Waals surface area contributed by atoms with E-state index >= 15 is 0 Å². The van der Waals surface area contributed by atoms with Gasteiger partial charge in [-0.25, -0.2) is 4.99 Å². The molecule has 1 saturated heterocycles. The predicted octanol–water partition coefficient (Wildman–Crippen LogP) is 8.26. The van der Waals surface area contributed by atoms with Crippen LogP contribution in [0.3, 0.4) is 0 Å². The number of carbonyl (C=O) groups is 1. The van der Waals surface area contributed by atoms with Crippen LogP contribution >= 0.6 is 55.2 Å². The summed E-state index contributed by atoms with van der Waals surface area (Å²) in [6, 6.07) is 15.8. The molecule has 0 aliphatic carbocycles. The van der Waals surface area contributed by atoms with E-state index < -0.39 is 0 Å². The Hall–Kier alpha value is -2.06. The summed E-state index contributed by atoms with van der Waals surface area (Å²) in [7, 11) is 0. The maximum atomic E-state index is 12.5. The third kappa shape index (κ3) is 5.95. The van der Waals surface area contributed by atoms with Crippen molar-refractivity contribution in [1.29, 1.82) is 0 Å². The van der Waals surface area contributed by atoms with Crippen LogP contribution in [0.2, 0.25) is 5.02 Å². The number of amides is 1. The van der Waals surface area contributed by atoms with Crippen molar-refractivity contribution in [3.8, 4) is 5.75 Å². The van der Waals surface area contributed by atoms with Crippen LogP contribution < -0.4 is 10.1 Å². The van der Waals surface area contributed by atoms with Gasteiger partial charge in [0.1, 0.15) is 6.61 Å². The standard InChI is InChI=1S/C26H21Br2ClN2O2S/c1-14-4-6-17(7-5-14)13-33-24-20(27)10-18(11-21(24)29)12-22-25(32)31-26(34-22)30-19-8-15(2)23(28)16(3)9-19/h4-12H,13H2,1-3H3,(H,30,31,32)/b22-12-. The van der Waals surface area contributed by atoms with Gasteiger partial charge in [-0.1, -0.05) is 57.4 Å². The van der Waals surface area contributed by atoms with Gasteiger partial charge >= 0.3 is 0 Å². The van der Waals surface area contributed by atoms with E-state index in [1.807, 2.05) is 63.2 Å². The first-order chi connectivity index (χ1) is 16.2. The van der Waals surface area contributed by atoms with E-state index in [-0.39, 0.29) is 5.91 Å². The van der Waals surface area contributed by atoms with Gasteiger partial charge in [-0.3, -0.25) is 4.79 Å². The molecule has 0 aromatic heterocycles. The molecule has 0 spiro atoms. The highest BCUT2D eigenvalue weighted by Gasteiger charge is 2.24. The lowest BCUT2D eigenvalue weighted by molar-refractivity contribution is -0.115. The molecule has 34 heavy (non-hydrogen) atoms. The molecule has 1 heterocycles. The first-order valence-corrected chi connectivity index (χ1v) is 13.2. The van der Waals surface area contributed by atoms with E-state index in [0.29, 0.717) is 27.5 Å². The molecule has 1 fully saturated rings. The van der Waals surface area contributed by atoms with Gasteiger partial charge in [-0.2, -0.15) is 0 Å². The summed E-state index contributed by atoms with van der Waals surface area (Å²) in [5, 5.41) is 3.84. The zero-order valence-electron chi connectivity index (χ0n) is 18.7. The summed E-state index contributed by atoms with van der Waals surface area (Å²) in [5.41, 5.74) is 6.02. The minimum absolute atomic E-state index is 0.193. The second kappa shape index (κ2) is 10.7. The van der Waals surface area contributed by atoms with E-state index in [9.17, 15) is 4.79 Å². The number of carbonyl (C=O) groups excluding carboxylic acids is 1. The minimum atomic E-state index is -0.193. The molecule has 4 nitrogen and oxygen atoms in total. The highest BCUT2D eigenvalue weighted by atomic mass is 79.9. The monoisotopic (exact) mass is 618 g/mol. The first kappa shape index (κ1) is 25.0. The Morgan fingerprint density at radius 3 is 2.38 bits per heavy atom. The van der Waals surface area contributed by atoms with E-state index in [1.165, 1.54) is 17.3 Å². The number of aliphatic imine (C=N–C) groups is 1. The van der Waals surface area contributed by atoms with Gasteiger partial charge in [0.25, 0.3) is 5.91 Å². The van der Waals surface area contributed by atoms with Crippen molar-refractivity contribution in [3.63, 3.8) is 0 Å². The van der Waals surface area contributed by atoms with Gasteiger partial charge in [-0.15, -0.1) is 0 Å². The number of benzene rings is 3. The largest absolute Gasteiger partial charge is 0.486 e. The highest BCUT2D eigenvalue weighted by molar-refractivity contribution is 9.10. The summed E-state index contributed by atoms with van der Waals surface area (Å²) in [6.07, 6.45) is 1.79. The molecule has 3 aromatic rings. The molecule has 4 rings (SSSR count). The fourth-order valence-corrected chi connectivity index (χ4v) is 5.44. The van der Waals surface area contributed by atoms with Gasteiger partial charge in [0, 0.05) is 4.47 Å². The Morgan fingerprint density at radius 2 is 1.74 bits per heavy atom. The second-order valence-electron chi connectivity index (χ2n) is 7.96. The Bertz CT molecular complexity index is 1290. The van der Waals surface area contributed by atoms with Crippen molar-refractivity contribution in [2.45, 2.75) is 27.4 Å². The van der Waals surface area contributed by atoms with E-state index in [4.69, 9.17) is 16.3 Å². The van der Waals surface area contributed by atoms with Gasteiger partial charge < -0.3 is 10.1 Å². The lowest BCUT2D eigenvalue weighted by Gasteiger charge is -2.11. The SMILES string of the molecule is Cc1ccc(COc2c(Cl)cc(/C=C3\SC(=Nc4cc(C)c(Br)c(C)c4)NC3=O)cc2Br)cc1. The van der Waals surface area contributed by atoms with Crippen LogP contribution in [-0.4, -0.2) is 11.1 Å². The number of ether oxygens (including phenoxy) is 1. The normalized spacial score (nSPS) is 15.8. The van der Waals surface area contributed by atoms with Crippen LogP contribution in [0, 0.1) is 20.8 Å². The number of hydrogen-bond donors (Lipinski definition) is 1. The van der Waals surface area contributed by atoms with Crippen LogP contribution in [0.25, 0.3) is 6.08 Å². The van der Waals surface area contributed by atoms with Crippen molar-refractivity contribution in [2.75, 3.05) is 0 Å². The molecular formula is C26H21Br2ClN2O2S. The number of halogens is 3. The van der Waals surface area contributed by atoms with Crippen LogP contribution in [0.5, 0.6) is 5.75 Å². The lowest BCUT2D eigenvalue weighted by Crippen LogP contribution is -2.19. The third-order valence-corrected chi connectivity index (χ3v) is 8.16. The maximum absolute atomic E-state index is 12.5. The number of nitrogens with one attached hydrogen (secondary N) is 1. The number of aryl methyl sites for hydroxylation is 3. The Morgan fingerprint density at radius 1 is 1.06 bits per heavy atom. The van der Waals surface area contributed by atoms with E-state index in [2.05, 4.69) is 42.2 Å². The average Bonchev–Trinajstić information content (AvgIpc) is 3.11. The molecule has 1 N–H and O–H groups in total. The molecule has 1 amide bonds. The number of amidine groups is 1. The fraction of sp³-hybridized carbons (Fsp3) is 0.154. The minimum Gasteiger partial charge on any atom is -0.486 e. The molecule has 0 radical (unpaired) electrons. The molecule has 8 heteroatoms. The molecule has 0 bridgehead atoms. The topological polar surface area (TPSA) is 50.7 Å². The van der Waals surface area contributed by atoms with Gasteiger partial charge in [0.2, 0.25) is 0 Å². The molecule has 0 unspecified atom stereocenters. The van der Waals surface area contributed by atoms with Crippen molar-refractivity contribution < 1.29 is 9.53 Å². The van der Waals surface area contributed by atoms with Crippen LogP contribution in [0.15, 0.2) is 67.4 Å². The summed E-state index contributed by atoms with van der Waals surface area (Å²) in [6.45, 7) is 6.49. The van der Waals surface area contributed by atoms with Crippen molar-refractivity contribution in [3.05, 3.63) is 95.2 Å². The molecule has 1 aliphatic heterocycles. The van der Waals surface area contributed by atoms with Gasteiger partial charge in [0.05, 0.1) is 20.1 Å². The average molecular weight is 621 g/mol. The number of rotatable bonds is 5.